The quantitative estimate of drug-likeness (QED) is 0.789. The first-order valence-electron chi connectivity index (χ1n) is 7.87. The fraction of sp³-hybridized carbons (Fsp3) is 1.00. The molecule has 0 bridgehead atoms. The highest BCUT2D eigenvalue weighted by Gasteiger charge is 2.42. The molecule has 0 spiro atoms. The summed E-state index contributed by atoms with van der Waals surface area (Å²) in [6, 6.07) is 1.48. The Balaban J connectivity index is 1.67. The van der Waals surface area contributed by atoms with Crippen LogP contribution in [0.25, 0.3) is 0 Å². The molecule has 1 saturated heterocycles. The first-order valence-corrected chi connectivity index (χ1v) is 7.87. The molecule has 2 aliphatic carbocycles. The third-order valence-corrected chi connectivity index (χ3v) is 5.69. The molecule has 0 aromatic carbocycles. The fourth-order valence-corrected chi connectivity index (χ4v) is 4.69. The number of rotatable bonds is 2. The first-order chi connectivity index (χ1) is 8.72. The Morgan fingerprint density at radius 3 is 2.78 bits per heavy atom. The molecule has 0 aromatic heterocycles. The maximum Gasteiger partial charge on any atom is 0.0611 e. The molecule has 3 nitrogen and oxygen atoms in total. The molecule has 1 heterocycles. The molecule has 4 atom stereocenters. The summed E-state index contributed by atoms with van der Waals surface area (Å²) in [6.07, 6.45) is 11.6. The molecule has 18 heavy (non-hydrogen) atoms. The van der Waals surface area contributed by atoms with Crippen molar-refractivity contribution in [2.45, 2.75) is 75.4 Å². The van der Waals surface area contributed by atoms with Crippen molar-refractivity contribution in [1.82, 2.24) is 4.90 Å². The predicted molar refractivity (Wildman–Crippen MR) is 73.3 cm³/mol. The molecule has 0 amide bonds. The van der Waals surface area contributed by atoms with Gasteiger partial charge in [0.25, 0.3) is 0 Å². The molecule has 0 radical (unpaired) electrons. The normalized spacial score (nSPS) is 46.0. The van der Waals surface area contributed by atoms with Crippen LogP contribution >= 0.6 is 0 Å². The van der Waals surface area contributed by atoms with E-state index in [1.54, 1.807) is 0 Å². The highest BCUT2D eigenvalue weighted by molar-refractivity contribution is 4.99. The van der Waals surface area contributed by atoms with Gasteiger partial charge in [-0.05, 0) is 57.4 Å². The number of nitrogens with zero attached hydrogens (tertiary/aromatic N) is 1. The van der Waals surface area contributed by atoms with Crippen molar-refractivity contribution in [2.75, 3.05) is 13.2 Å². The third-order valence-electron chi connectivity index (χ3n) is 5.69. The summed E-state index contributed by atoms with van der Waals surface area (Å²) in [4.78, 5) is 2.76. The molecular formula is C15H28N2O. The Hall–Kier alpha value is -0.120. The van der Waals surface area contributed by atoms with Crippen molar-refractivity contribution in [3.8, 4) is 0 Å². The Morgan fingerprint density at radius 1 is 1.11 bits per heavy atom. The van der Waals surface area contributed by atoms with E-state index in [1.165, 1.54) is 51.5 Å². The summed E-state index contributed by atoms with van der Waals surface area (Å²) in [6.45, 7) is 1.44. The van der Waals surface area contributed by atoms with E-state index >= 15 is 0 Å². The van der Waals surface area contributed by atoms with Crippen LogP contribution in [0.4, 0.5) is 0 Å². The zero-order chi connectivity index (χ0) is 12.6. The van der Waals surface area contributed by atoms with Crippen molar-refractivity contribution >= 4 is 0 Å². The van der Waals surface area contributed by atoms with Gasteiger partial charge in [-0.1, -0.05) is 12.8 Å². The lowest BCUT2D eigenvalue weighted by molar-refractivity contribution is 0.0590. The first kappa shape index (κ1) is 12.9. The molecule has 0 aromatic rings. The van der Waals surface area contributed by atoms with Gasteiger partial charge in [0.2, 0.25) is 0 Å². The highest BCUT2D eigenvalue weighted by Crippen LogP contribution is 2.40. The third kappa shape index (κ3) is 2.33. The lowest BCUT2D eigenvalue weighted by atomic mass is 9.78. The Morgan fingerprint density at radius 2 is 1.94 bits per heavy atom. The number of nitrogens with two attached hydrogens (primary N) is 1. The van der Waals surface area contributed by atoms with E-state index in [-0.39, 0.29) is 12.1 Å². The van der Waals surface area contributed by atoms with Crippen LogP contribution in [0.15, 0.2) is 0 Å². The Bertz CT molecular complexity index is 296. The zero-order valence-corrected chi connectivity index (χ0v) is 11.5. The van der Waals surface area contributed by atoms with E-state index in [9.17, 15) is 5.11 Å². The van der Waals surface area contributed by atoms with Gasteiger partial charge >= 0.3 is 0 Å². The van der Waals surface area contributed by atoms with Gasteiger partial charge in [-0.3, -0.25) is 4.90 Å². The van der Waals surface area contributed by atoms with Gasteiger partial charge < -0.3 is 10.8 Å². The van der Waals surface area contributed by atoms with E-state index < -0.39 is 0 Å². The van der Waals surface area contributed by atoms with Crippen molar-refractivity contribution in [2.24, 2.45) is 11.7 Å². The number of aliphatic hydroxyl groups is 1. The molecule has 3 fully saturated rings. The topological polar surface area (TPSA) is 49.5 Å². The standard InChI is InChI=1S/C15H28N2O/c16-15(11-18)8-3-5-13(10-15)17-9-7-12-4-1-2-6-14(12)17/h12-14,18H,1-11,16H2. The Labute approximate surface area is 111 Å². The monoisotopic (exact) mass is 252 g/mol. The predicted octanol–water partition coefficient (Wildman–Crippen LogP) is 1.88. The maximum atomic E-state index is 9.50. The largest absolute Gasteiger partial charge is 0.394 e. The van der Waals surface area contributed by atoms with Crippen LogP contribution in [-0.4, -0.2) is 40.8 Å². The van der Waals surface area contributed by atoms with Gasteiger partial charge in [0, 0.05) is 17.6 Å². The molecule has 2 saturated carbocycles. The molecule has 4 unspecified atom stereocenters. The van der Waals surface area contributed by atoms with Crippen LogP contribution < -0.4 is 5.73 Å². The van der Waals surface area contributed by atoms with Crippen molar-refractivity contribution in [3.63, 3.8) is 0 Å². The summed E-state index contributed by atoms with van der Waals surface area (Å²) in [5.74, 6) is 0.960. The van der Waals surface area contributed by atoms with Crippen LogP contribution in [0.3, 0.4) is 0 Å². The SMILES string of the molecule is NC1(CO)CCCC(N2CCC3CCCCC32)C1. The molecule has 3 N–H and O–H groups in total. The van der Waals surface area contributed by atoms with Gasteiger partial charge in [0.15, 0.2) is 0 Å². The minimum Gasteiger partial charge on any atom is -0.394 e. The molecular weight excluding hydrogens is 224 g/mol. The second kappa shape index (κ2) is 5.10. The average molecular weight is 252 g/mol. The fourth-order valence-electron chi connectivity index (χ4n) is 4.69. The van der Waals surface area contributed by atoms with E-state index in [0.717, 1.165) is 24.8 Å². The van der Waals surface area contributed by atoms with Gasteiger partial charge in [0.1, 0.15) is 0 Å². The van der Waals surface area contributed by atoms with Gasteiger partial charge in [-0.25, -0.2) is 0 Å². The summed E-state index contributed by atoms with van der Waals surface area (Å²) >= 11 is 0. The summed E-state index contributed by atoms with van der Waals surface area (Å²) in [5.41, 5.74) is 6.01. The minimum atomic E-state index is -0.296. The highest BCUT2D eigenvalue weighted by atomic mass is 16.3. The molecule has 3 aliphatic rings. The molecule has 104 valence electrons. The number of hydrogen-bond donors (Lipinski definition) is 2. The van der Waals surface area contributed by atoms with Gasteiger partial charge in [0.05, 0.1) is 6.61 Å². The average Bonchev–Trinajstić information content (AvgIpc) is 2.83. The van der Waals surface area contributed by atoms with Crippen LogP contribution in [0.2, 0.25) is 0 Å². The van der Waals surface area contributed by atoms with Crippen LogP contribution in [0.1, 0.15) is 57.8 Å². The van der Waals surface area contributed by atoms with Crippen LogP contribution in [0, 0.1) is 5.92 Å². The number of aliphatic hydroxyl groups excluding tert-OH is 1. The summed E-state index contributed by atoms with van der Waals surface area (Å²) in [7, 11) is 0. The molecule has 1 aliphatic heterocycles. The second-order valence-corrected chi connectivity index (χ2v) is 6.91. The Kier molecular flexibility index (Phi) is 3.65. The van der Waals surface area contributed by atoms with Crippen LogP contribution in [-0.2, 0) is 0 Å². The molecule has 3 rings (SSSR count). The smallest absolute Gasteiger partial charge is 0.0611 e. The van der Waals surface area contributed by atoms with Gasteiger partial charge in [-0.15, -0.1) is 0 Å². The zero-order valence-electron chi connectivity index (χ0n) is 11.5. The summed E-state index contributed by atoms with van der Waals surface area (Å²) < 4.78 is 0. The number of likely N-dealkylation sites (tertiary alicyclic amines) is 1. The van der Waals surface area contributed by atoms with Crippen molar-refractivity contribution in [1.29, 1.82) is 0 Å². The second-order valence-electron chi connectivity index (χ2n) is 6.91. The van der Waals surface area contributed by atoms with Crippen molar-refractivity contribution < 1.29 is 5.11 Å². The number of fused-ring (bicyclic) bond motifs is 1. The lowest BCUT2D eigenvalue weighted by Gasteiger charge is -2.44. The number of hydrogen-bond acceptors (Lipinski definition) is 3. The van der Waals surface area contributed by atoms with E-state index in [2.05, 4.69) is 4.90 Å². The molecule has 3 heteroatoms. The maximum absolute atomic E-state index is 9.50. The van der Waals surface area contributed by atoms with E-state index in [0.29, 0.717) is 6.04 Å². The summed E-state index contributed by atoms with van der Waals surface area (Å²) in [5, 5.41) is 9.50. The van der Waals surface area contributed by atoms with Crippen LogP contribution in [0.5, 0.6) is 0 Å². The van der Waals surface area contributed by atoms with Crippen molar-refractivity contribution in [3.05, 3.63) is 0 Å². The van der Waals surface area contributed by atoms with Gasteiger partial charge in [-0.2, -0.15) is 0 Å². The van der Waals surface area contributed by atoms with E-state index in [4.69, 9.17) is 5.73 Å². The minimum absolute atomic E-state index is 0.158. The van der Waals surface area contributed by atoms with E-state index in [1.807, 2.05) is 0 Å². The lowest BCUT2D eigenvalue weighted by Crippen LogP contribution is -2.54.